The van der Waals surface area contributed by atoms with Crippen LogP contribution in [0.15, 0.2) is 60.0 Å². The van der Waals surface area contributed by atoms with E-state index in [-0.39, 0.29) is 24.1 Å². The second-order valence-electron chi connectivity index (χ2n) is 7.08. The van der Waals surface area contributed by atoms with Crippen LogP contribution in [-0.2, 0) is 24.2 Å². The van der Waals surface area contributed by atoms with Crippen LogP contribution in [0.5, 0.6) is 0 Å². The van der Waals surface area contributed by atoms with Gasteiger partial charge in [-0.1, -0.05) is 30.3 Å². The summed E-state index contributed by atoms with van der Waals surface area (Å²) in [6, 6.07) is 16.1. The molecule has 0 spiro atoms. The van der Waals surface area contributed by atoms with Crippen LogP contribution in [0.4, 0.5) is 10.1 Å². The summed E-state index contributed by atoms with van der Waals surface area (Å²) in [7, 11) is 0. The van der Waals surface area contributed by atoms with Crippen LogP contribution in [0.3, 0.4) is 0 Å². The molecule has 29 heavy (non-hydrogen) atoms. The predicted molar refractivity (Wildman–Crippen MR) is 113 cm³/mol. The summed E-state index contributed by atoms with van der Waals surface area (Å²) in [4.78, 5) is 27.5. The van der Waals surface area contributed by atoms with Crippen molar-refractivity contribution in [2.24, 2.45) is 0 Å². The number of fused-ring (bicyclic) bond motifs is 1. The molecular formula is C23H21FN2O2S. The number of rotatable bonds is 5. The molecule has 0 saturated heterocycles. The minimum atomic E-state index is -0.287. The molecule has 0 saturated carbocycles. The zero-order valence-electron chi connectivity index (χ0n) is 15.9. The standard InChI is InChI=1S/C23H21FN2O2S/c24-20-5-2-1-4-17(20)8-10-22(27)25-19-9-7-16-11-12-26(15-18(16)14-19)23(28)21-6-3-13-29-21/h1-7,9,13-14H,8,10-12,15H2,(H,25,27). The molecule has 0 atom stereocenters. The summed E-state index contributed by atoms with van der Waals surface area (Å²) in [6.07, 6.45) is 1.36. The summed E-state index contributed by atoms with van der Waals surface area (Å²) in [5.41, 5.74) is 3.49. The molecule has 4 nitrogen and oxygen atoms in total. The zero-order valence-corrected chi connectivity index (χ0v) is 16.7. The van der Waals surface area contributed by atoms with Gasteiger partial charge in [-0.25, -0.2) is 4.39 Å². The van der Waals surface area contributed by atoms with Crippen molar-refractivity contribution in [3.05, 3.63) is 87.4 Å². The molecule has 6 heteroatoms. The average molecular weight is 408 g/mol. The maximum absolute atomic E-state index is 13.7. The summed E-state index contributed by atoms with van der Waals surface area (Å²) < 4.78 is 13.7. The van der Waals surface area contributed by atoms with E-state index in [0.29, 0.717) is 30.8 Å². The van der Waals surface area contributed by atoms with Crippen LogP contribution in [0, 0.1) is 5.82 Å². The molecule has 0 bridgehead atoms. The number of nitrogens with zero attached hydrogens (tertiary/aromatic N) is 1. The van der Waals surface area contributed by atoms with Crippen molar-refractivity contribution in [2.45, 2.75) is 25.8 Å². The first-order chi connectivity index (χ1) is 14.1. The number of benzene rings is 2. The predicted octanol–water partition coefficient (Wildman–Crippen LogP) is 4.66. The third-order valence-corrected chi connectivity index (χ3v) is 5.96. The number of carbonyl (C=O) groups is 2. The summed E-state index contributed by atoms with van der Waals surface area (Å²) in [6.45, 7) is 1.23. The van der Waals surface area contributed by atoms with Crippen molar-refractivity contribution >= 4 is 28.8 Å². The fraction of sp³-hybridized carbons (Fsp3) is 0.217. The minimum Gasteiger partial charge on any atom is -0.333 e. The molecule has 1 aliphatic heterocycles. The third-order valence-electron chi connectivity index (χ3n) is 5.10. The Bertz CT molecular complexity index is 1030. The molecule has 1 aromatic heterocycles. The lowest BCUT2D eigenvalue weighted by atomic mass is 9.98. The van der Waals surface area contributed by atoms with Crippen LogP contribution in [0.1, 0.15) is 32.8 Å². The Balaban J connectivity index is 1.39. The van der Waals surface area contributed by atoms with Crippen molar-refractivity contribution < 1.29 is 14.0 Å². The van der Waals surface area contributed by atoms with Crippen molar-refractivity contribution in [2.75, 3.05) is 11.9 Å². The Kier molecular flexibility index (Phi) is 5.71. The molecule has 4 rings (SSSR count). The normalized spacial score (nSPS) is 13.1. The van der Waals surface area contributed by atoms with Crippen molar-refractivity contribution in [1.82, 2.24) is 4.90 Å². The van der Waals surface area contributed by atoms with Gasteiger partial charge in [-0.05, 0) is 59.2 Å². The zero-order chi connectivity index (χ0) is 20.2. The molecular weight excluding hydrogens is 387 g/mol. The Morgan fingerprint density at radius 1 is 1.07 bits per heavy atom. The number of amides is 2. The quantitative estimate of drug-likeness (QED) is 0.668. The Morgan fingerprint density at radius 2 is 1.93 bits per heavy atom. The van der Waals surface area contributed by atoms with Gasteiger partial charge in [0.2, 0.25) is 5.91 Å². The highest BCUT2D eigenvalue weighted by atomic mass is 32.1. The maximum Gasteiger partial charge on any atom is 0.264 e. The topological polar surface area (TPSA) is 49.4 Å². The van der Waals surface area contributed by atoms with Crippen LogP contribution in [0.2, 0.25) is 0 Å². The van der Waals surface area contributed by atoms with Gasteiger partial charge in [0.1, 0.15) is 5.82 Å². The average Bonchev–Trinajstić information content (AvgIpc) is 3.27. The number of thiophene rings is 1. The number of halogens is 1. The summed E-state index contributed by atoms with van der Waals surface area (Å²) >= 11 is 1.45. The second-order valence-corrected chi connectivity index (χ2v) is 8.02. The molecule has 2 heterocycles. The SMILES string of the molecule is O=C(CCc1ccccc1F)Nc1ccc2c(c1)CN(C(=O)c1cccs1)CC2. The first-order valence-electron chi connectivity index (χ1n) is 9.58. The van der Waals surface area contributed by atoms with Crippen molar-refractivity contribution in [3.8, 4) is 0 Å². The Hall–Kier alpha value is -2.99. The molecule has 1 N–H and O–H groups in total. The van der Waals surface area contributed by atoms with E-state index in [1.165, 1.54) is 23.0 Å². The fourth-order valence-electron chi connectivity index (χ4n) is 3.54. The van der Waals surface area contributed by atoms with Gasteiger partial charge < -0.3 is 10.2 Å². The Morgan fingerprint density at radius 3 is 2.72 bits per heavy atom. The lowest BCUT2D eigenvalue weighted by Gasteiger charge is -2.29. The largest absolute Gasteiger partial charge is 0.333 e. The van der Waals surface area contributed by atoms with Crippen molar-refractivity contribution in [3.63, 3.8) is 0 Å². The molecule has 0 aliphatic carbocycles. The molecule has 0 fully saturated rings. The van der Waals surface area contributed by atoms with E-state index >= 15 is 0 Å². The summed E-state index contributed by atoms with van der Waals surface area (Å²) in [5.74, 6) is -0.398. The number of nitrogens with one attached hydrogen (secondary N) is 1. The highest BCUT2D eigenvalue weighted by molar-refractivity contribution is 7.12. The smallest absolute Gasteiger partial charge is 0.264 e. The molecule has 3 aromatic rings. The maximum atomic E-state index is 13.7. The van der Waals surface area contributed by atoms with Gasteiger partial charge in [-0.15, -0.1) is 11.3 Å². The number of hydrogen-bond acceptors (Lipinski definition) is 3. The van der Waals surface area contributed by atoms with Gasteiger partial charge in [0.05, 0.1) is 4.88 Å². The van der Waals surface area contributed by atoms with Crippen LogP contribution in [0.25, 0.3) is 0 Å². The number of carbonyl (C=O) groups excluding carboxylic acids is 2. The monoisotopic (exact) mass is 408 g/mol. The van der Waals surface area contributed by atoms with E-state index < -0.39 is 0 Å². The molecule has 1 aliphatic rings. The van der Waals surface area contributed by atoms with Crippen LogP contribution < -0.4 is 5.32 Å². The number of aryl methyl sites for hydroxylation is 1. The van der Waals surface area contributed by atoms with Gasteiger partial charge in [0.15, 0.2) is 0 Å². The first kappa shape index (κ1) is 19.3. The van der Waals surface area contributed by atoms with Gasteiger partial charge in [-0.3, -0.25) is 9.59 Å². The van der Waals surface area contributed by atoms with E-state index in [1.54, 1.807) is 18.2 Å². The lowest BCUT2D eigenvalue weighted by molar-refractivity contribution is -0.116. The molecule has 0 unspecified atom stereocenters. The molecule has 2 amide bonds. The van der Waals surface area contributed by atoms with Gasteiger partial charge >= 0.3 is 0 Å². The highest BCUT2D eigenvalue weighted by Gasteiger charge is 2.22. The first-order valence-corrected chi connectivity index (χ1v) is 10.5. The van der Waals surface area contributed by atoms with Gasteiger partial charge in [0.25, 0.3) is 5.91 Å². The minimum absolute atomic E-state index is 0.0463. The van der Waals surface area contributed by atoms with Gasteiger partial charge in [-0.2, -0.15) is 0 Å². The fourth-order valence-corrected chi connectivity index (χ4v) is 4.23. The Labute approximate surface area is 173 Å². The van der Waals surface area contributed by atoms with E-state index in [9.17, 15) is 14.0 Å². The van der Waals surface area contributed by atoms with Gasteiger partial charge in [0, 0.05) is 25.2 Å². The molecule has 0 radical (unpaired) electrons. The number of hydrogen-bond donors (Lipinski definition) is 1. The van der Waals surface area contributed by atoms with E-state index in [4.69, 9.17) is 0 Å². The van der Waals surface area contributed by atoms with E-state index in [0.717, 1.165) is 16.9 Å². The molecule has 2 aromatic carbocycles. The van der Waals surface area contributed by atoms with Crippen LogP contribution >= 0.6 is 11.3 Å². The van der Waals surface area contributed by atoms with Crippen LogP contribution in [-0.4, -0.2) is 23.3 Å². The lowest BCUT2D eigenvalue weighted by Crippen LogP contribution is -2.35. The third kappa shape index (κ3) is 4.54. The van der Waals surface area contributed by atoms with Crippen molar-refractivity contribution in [1.29, 1.82) is 0 Å². The van der Waals surface area contributed by atoms with E-state index in [2.05, 4.69) is 5.32 Å². The summed E-state index contributed by atoms with van der Waals surface area (Å²) in [5, 5.41) is 4.79. The van der Waals surface area contributed by atoms with E-state index in [1.807, 2.05) is 40.6 Å². The molecule has 148 valence electrons. The second kappa shape index (κ2) is 8.57. The highest BCUT2D eigenvalue weighted by Crippen LogP contribution is 2.25. The number of anilines is 1.